The fourth-order valence-corrected chi connectivity index (χ4v) is 7.27. The molecular weight excluding hydrogens is 581 g/mol. The van der Waals surface area contributed by atoms with Crippen LogP contribution in [-0.4, -0.2) is 0 Å². The Balaban J connectivity index is 1.24. The molecule has 0 spiro atoms. The van der Waals surface area contributed by atoms with Crippen molar-refractivity contribution in [1.82, 2.24) is 0 Å². The first-order chi connectivity index (χ1) is 23.4. The van der Waals surface area contributed by atoms with Crippen molar-refractivity contribution in [3.05, 3.63) is 192 Å². The molecule has 2 nitrogen and oxygen atoms in total. The first kappa shape index (κ1) is 29.5. The van der Waals surface area contributed by atoms with Crippen molar-refractivity contribution >= 4 is 56.1 Å². The van der Waals surface area contributed by atoms with E-state index in [0.717, 1.165) is 28.2 Å². The number of hydrogen-bond acceptors (Lipinski definition) is 2. The topological polar surface area (TPSA) is 6.48 Å². The van der Waals surface area contributed by atoms with Crippen LogP contribution in [0.1, 0.15) is 41.7 Å². The van der Waals surface area contributed by atoms with E-state index in [1.54, 1.807) is 0 Å². The Morgan fingerprint density at radius 3 is 1.81 bits per heavy atom. The smallest absolute Gasteiger partial charge is 0.0503 e. The SMILES string of the molecule is C=C(c1ccccc1C)N1c2ccccc2C(C)(C)c2cc(/C=C/N(c3ccc4ccccc4c3)c3ccc4ccccc4c3)ccc21. The summed E-state index contributed by atoms with van der Waals surface area (Å²) in [5.74, 6) is 0. The fraction of sp³-hybridized carbons (Fsp3) is 0.0870. The number of rotatable bonds is 6. The van der Waals surface area contributed by atoms with Crippen molar-refractivity contribution < 1.29 is 0 Å². The van der Waals surface area contributed by atoms with Gasteiger partial charge in [-0.3, -0.25) is 0 Å². The van der Waals surface area contributed by atoms with E-state index in [9.17, 15) is 0 Å². The van der Waals surface area contributed by atoms with Gasteiger partial charge in [-0.2, -0.15) is 0 Å². The molecule has 8 rings (SSSR count). The normalized spacial score (nSPS) is 13.4. The van der Waals surface area contributed by atoms with Crippen LogP contribution in [0.2, 0.25) is 0 Å². The van der Waals surface area contributed by atoms with Gasteiger partial charge in [-0.25, -0.2) is 0 Å². The van der Waals surface area contributed by atoms with E-state index in [2.05, 4.69) is 201 Å². The molecule has 0 bridgehead atoms. The second kappa shape index (κ2) is 11.7. The molecule has 0 fully saturated rings. The molecule has 0 unspecified atom stereocenters. The molecule has 0 amide bonds. The zero-order chi connectivity index (χ0) is 32.8. The Hall–Kier alpha value is -5.86. The van der Waals surface area contributed by atoms with Crippen LogP contribution in [0, 0.1) is 6.92 Å². The molecule has 48 heavy (non-hydrogen) atoms. The minimum Gasteiger partial charge on any atom is -0.317 e. The van der Waals surface area contributed by atoms with Gasteiger partial charge in [-0.05, 0) is 99.3 Å². The van der Waals surface area contributed by atoms with Crippen LogP contribution >= 0.6 is 0 Å². The molecule has 0 atom stereocenters. The van der Waals surface area contributed by atoms with Gasteiger partial charge in [0.15, 0.2) is 0 Å². The summed E-state index contributed by atoms with van der Waals surface area (Å²) in [5, 5.41) is 4.91. The molecule has 0 aliphatic carbocycles. The highest BCUT2D eigenvalue weighted by atomic mass is 15.2. The van der Waals surface area contributed by atoms with Crippen LogP contribution in [0.25, 0.3) is 33.3 Å². The maximum atomic E-state index is 4.65. The highest BCUT2D eigenvalue weighted by Gasteiger charge is 2.37. The third-order valence-electron chi connectivity index (χ3n) is 9.92. The van der Waals surface area contributed by atoms with E-state index in [4.69, 9.17) is 0 Å². The van der Waals surface area contributed by atoms with Crippen LogP contribution in [0.3, 0.4) is 0 Å². The Morgan fingerprint density at radius 1 is 0.583 bits per heavy atom. The number of nitrogens with zero attached hydrogens (tertiary/aromatic N) is 2. The van der Waals surface area contributed by atoms with E-state index >= 15 is 0 Å². The van der Waals surface area contributed by atoms with Crippen LogP contribution in [0.5, 0.6) is 0 Å². The summed E-state index contributed by atoms with van der Waals surface area (Å²) in [7, 11) is 0. The Morgan fingerprint density at radius 2 is 1.15 bits per heavy atom. The van der Waals surface area contributed by atoms with E-state index in [0.29, 0.717) is 0 Å². The number of anilines is 4. The lowest BCUT2D eigenvalue weighted by Crippen LogP contribution is -2.32. The van der Waals surface area contributed by atoms with Crippen molar-refractivity contribution in [1.29, 1.82) is 0 Å². The zero-order valence-corrected chi connectivity index (χ0v) is 27.7. The molecule has 1 aliphatic heterocycles. The third kappa shape index (κ3) is 5.07. The minimum atomic E-state index is -0.200. The Labute approximate surface area is 283 Å². The van der Waals surface area contributed by atoms with Crippen LogP contribution in [-0.2, 0) is 5.41 Å². The molecule has 0 saturated carbocycles. The largest absolute Gasteiger partial charge is 0.317 e. The van der Waals surface area contributed by atoms with Gasteiger partial charge in [0.1, 0.15) is 0 Å². The Kier molecular flexibility index (Phi) is 7.22. The summed E-state index contributed by atoms with van der Waals surface area (Å²) in [5.41, 5.74) is 11.5. The average Bonchev–Trinajstić information content (AvgIpc) is 3.12. The number of fused-ring (bicyclic) bond motifs is 4. The lowest BCUT2D eigenvalue weighted by molar-refractivity contribution is 0.632. The molecule has 232 valence electrons. The van der Waals surface area contributed by atoms with Crippen LogP contribution in [0.4, 0.5) is 22.7 Å². The van der Waals surface area contributed by atoms with Crippen molar-refractivity contribution in [3.8, 4) is 0 Å². The van der Waals surface area contributed by atoms with Gasteiger partial charge >= 0.3 is 0 Å². The van der Waals surface area contributed by atoms with Gasteiger partial charge in [-0.1, -0.05) is 130 Å². The molecule has 2 heteroatoms. The van der Waals surface area contributed by atoms with E-state index < -0.39 is 0 Å². The summed E-state index contributed by atoms with van der Waals surface area (Å²) in [6.07, 6.45) is 4.45. The number of benzene rings is 7. The monoisotopic (exact) mass is 618 g/mol. The quantitative estimate of drug-likeness (QED) is 0.183. The average molecular weight is 619 g/mol. The minimum absolute atomic E-state index is 0.200. The highest BCUT2D eigenvalue weighted by Crippen LogP contribution is 2.51. The third-order valence-corrected chi connectivity index (χ3v) is 9.92. The maximum Gasteiger partial charge on any atom is 0.0503 e. The number of aryl methyl sites for hydroxylation is 1. The van der Waals surface area contributed by atoms with Gasteiger partial charge in [0.2, 0.25) is 0 Å². The summed E-state index contributed by atoms with van der Waals surface area (Å²) in [6.45, 7) is 11.5. The van der Waals surface area contributed by atoms with Crippen molar-refractivity contribution in [2.24, 2.45) is 0 Å². The number of para-hydroxylation sites is 1. The van der Waals surface area contributed by atoms with E-state index in [1.807, 2.05) is 0 Å². The molecule has 7 aromatic rings. The van der Waals surface area contributed by atoms with E-state index in [-0.39, 0.29) is 5.41 Å². The molecule has 0 N–H and O–H groups in total. The molecule has 1 heterocycles. The standard InChI is InChI=1S/C46H38N2/c1-32-13-5-10-18-41(32)33(2)48-44-20-12-11-19-42(44)46(3,4)43-29-34(21-26-45(43)48)27-28-47(39-24-22-35-14-6-8-16-37(35)30-39)40-25-23-36-15-7-9-17-38(36)31-40/h5-31H,2H2,1,3-4H3/b28-27+. The van der Waals surface area contributed by atoms with Gasteiger partial charge in [0.25, 0.3) is 0 Å². The van der Waals surface area contributed by atoms with Crippen molar-refractivity contribution in [2.45, 2.75) is 26.2 Å². The molecule has 1 aliphatic rings. The summed E-state index contributed by atoms with van der Waals surface area (Å²) >= 11 is 0. The zero-order valence-electron chi connectivity index (χ0n) is 27.7. The fourth-order valence-electron chi connectivity index (χ4n) is 7.27. The van der Waals surface area contributed by atoms with Gasteiger partial charge in [-0.15, -0.1) is 0 Å². The second-order valence-corrected chi connectivity index (χ2v) is 13.3. The van der Waals surface area contributed by atoms with Crippen molar-refractivity contribution in [3.63, 3.8) is 0 Å². The van der Waals surface area contributed by atoms with Gasteiger partial charge in [0, 0.05) is 34.3 Å². The highest BCUT2D eigenvalue weighted by molar-refractivity contribution is 5.94. The molecule has 0 aromatic heterocycles. The first-order valence-corrected chi connectivity index (χ1v) is 16.6. The Bertz CT molecular complexity index is 2300. The predicted octanol–water partition coefficient (Wildman–Crippen LogP) is 12.6. The second-order valence-electron chi connectivity index (χ2n) is 13.3. The van der Waals surface area contributed by atoms with Crippen LogP contribution < -0.4 is 9.80 Å². The van der Waals surface area contributed by atoms with Gasteiger partial charge in [0.05, 0.1) is 11.4 Å². The lowest BCUT2D eigenvalue weighted by atomic mass is 9.73. The lowest BCUT2D eigenvalue weighted by Gasteiger charge is -2.43. The van der Waals surface area contributed by atoms with E-state index in [1.165, 1.54) is 49.6 Å². The summed E-state index contributed by atoms with van der Waals surface area (Å²) in [4.78, 5) is 4.65. The molecule has 0 saturated heterocycles. The maximum absolute atomic E-state index is 4.65. The molecule has 0 radical (unpaired) electrons. The molecular formula is C46H38N2. The number of hydrogen-bond donors (Lipinski definition) is 0. The molecule has 7 aromatic carbocycles. The van der Waals surface area contributed by atoms with Crippen molar-refractivity contribution in [2.75, 3.05) is 9.80 Å². The van der Waals surface area contributed by atoms with Crippen LogP contribution in [0.15, 0.2) is 164 Å². The summed E-state index contributed by atoms with van der Waals surface area (Å²) < 4.78 is 0. The predicted molar refractivity (Wildman–Crippen MR) is 206 cm³/mol. The first-order valence-electron chi connectivity index (χ1n) is 16.6. The summed E-state index contributed by atoms with van der Waals surface area (Å²) in [6, 6.07) is 54.6. The van der Waals surface area contributed by atoms with Gasteiger partial charge < -0.3 is 9.80 Å².